The SMILES string of the molecule is C=CC1CC1C(=O)OC.CC.CC(C)C.NC(=O)C1CCCN1C(=O)CO[N-]C1CCCC1.[Y]. The standard InChI is InChI=1S/C12H20N3O3.C7H10O2.C4H10.C2H6.Y/c13-12(17)10-6-3-7-15(10)11(16)8-18-14-9-4-1-2-5-9;1-3-5-4-6(5)7(8)9-2;1-4(2)3;1-2;/h9-10H,1-8H2,(H2,13,17);3,5-6H,1,4H2,2H3;4H,1-3H3;1-2H3;/q-1;;;;. The molecule has 3 atom stereocenters. The van der Waals surface area contributed by atoms with Gasteiger partial charge in [-0.25, -0.2) is 0 Å². The third kappa shape index (κ3) is 14.5. The van der Waals surface area contributed by atoms with Gasteiger partial charge in [0.05, 0.1) is 13.0 Å². The van der Waals surface area contributed by atoms with Gasteiger partial charge >= 0.3 is 5.97 Å². The molecule has 0 aromatic heterocycles. The van der Waals surface area contributed by atoms with Gasteiger partial charge in [0.1, 0.15) is 12.6 Å². The average molecular weight is 558 g/mol. The molecule has 0 bridgehead atoms. The van der Waals surface area contributed by atoms with Crippen molar-refractivity contribution >= 4 is 17.8 Å². The molecule has 2 amide bonds. The van der Waals surface area contributed by atoms with Crippen molar-refractivity contribution in [3.63, 3.8) is 0 Å². The van der Waals surface area contributed by atoms with E-state index in [1.165, 1.54) is 24.9 Å². The smallest absolute Gasteiger partial charge is 0.309 e. The molecule has 8 nitrogen and oxygen atoms in total. The van der Waals surface area contributed by atoms with Gasteiger partial charge < -0.3 is 25.7 Å². The number of hydrogen-bond donors (Lipinski definition) is 1. The Bertz CT molecular complexity index is 594. The summed E-state index contributed by atoms with van der Waals surface area (Å²) in [5.41, 5.74) is 9.30. The first-order valence-electron chi connectivity index (χ1n) is 12.3. The molecule has 2 saturated carbocycles. The fraction of sp³-hybridized carbons (Fsp3) is 0.800. The molecule has 3 aliphatic rings. The van der Waals surface area contributed by atoms with Crippen LogP contribution < -0.4 is 5.73 Å². The van der Waals surface area contributed by atoms with Gasteiger partial charge in [0, 0.05) is 39.3 Å². The topological polar surface area (TPSA) is 113 Å². The Morgan fingerprint density at radius 2 is 1.68 bits per heavy atom. The molecule has 0 aromatic carbocycles. The van der Waals surface area contributed by atoms with Crippen molar-refractivity contribution in [1.29, 1.82) is 0 Å². The van der Waals surface area contributed by atoms with Crippen LogP contribution in [0.25, 0.3) is 5.48 Å². The first kappa shape index (κ1) is 35.3. The monoisotopic (exact) mass is 557 g/mol. The molecule has 1 heterocycles. The molecule has 2 aliphatic carbocycles. The number of ether oxygens (including phenoxy) is 1. The summed E-state index contributed by atoms with van der Waals surface area (Å²) in [5.74, 6) is 0.608. The predicted molar refractivity (Wildman–Crippen MR) is 131 cm³/mol. The molecule has 1 aliphatic heterocycles. The maximum Gasteiger partial charge on any atom is 0.309 e. The summed E-state index contributed by atoms with van der Waals surface area (Å²) >= 11 is 0. The van der Waals surface area contributed by atoms with Gasteiger partial charge in [-0.3, -0.25) is 14.4 Å². The van der Waals surface area contributed by atoms with Gasteiger partial charge in [0.2, 0.25) is 11.8 Å². The molecule has 34 heavy (non-hydrogen) atoms. The molecule has 1 radical (unpaired) electrons. The van der Waals surface area contributed by atoms with Gasteiger partial charge in [-0.15, -0.1) is 12.6 Å². The van der Waals surface area contributed by atoms with Crippen molar-refractivity contribution in [2.75, 3.05) is 20.3 Å². The van der Waals surface area contributed by atoms with Gasteiger partial charge in [-0.1, -0.05) is 66.4 Å². The normalized spacial score (nSPS) is 22.6. The second-order valence-electron chi connectivity index (χ2n) is 8.96. The molecule has 195 valence electrons. The van der Waals surface area contributed by atoms with Crippen LogP contribution >= 0.6 is 0 Å². The number of carbonyl (C=O) groups is 3. The van der Waals surface area contributed by atoms with Gasteiger partial charge in [-0.05, 0) is 31.1 Å². The van der Waals surface area contributed by atoms with Crippen LogP contribution in [0.15, 0.2) is 12.7 Å². The second kappa shape index (κ2) is 20.4. The zero-order chi connectivity index (χ0) is 25.4. The van der Waals surface area contributed by atoms with E-state index in [0.717, 1.165) is 31.6 Å². The number of methoxy groups -OCH3 is 1. The Labute approximate surface area is 232 Å². The molecule has 1 saturated heterocycles. The van der Waals surface area contributed by atoms with Crippen LogP contribution in [0.2, 0.25) is 0 Å². The van der Waals surface area contributed by atoms with E-state index in [0.29, 0.717) is 18.9 Å². The van der Waals surface area contributed by atoms with E-state index >= 15 is 0 Å². The third-order valence-corrected chi connectivity index (χ3v) is 5.28. The maximum atomic E-state index is 11.9. The van der Waals surface area contributed by atoms with Crippen molar-refractivity contribution in [2.45, 2.75) is 91.6 Å². The number of nitrogens with two attached hydrogens (primary N) is 1. The second-order valence-corrected chi connectivity index (χ2v) is 8.96. The van der Waals surface area contributed by atoms with Gasteiger partial charge in [0.15, 0.2) is 0 Å². The summed E-state index contributed by atoms with van der Waals surface area (Å²) in [4.78, 5) is 40.3. The van der Waals surface area contributed by atoms with Crippen LogP contribution in [0.5, 0.6) is 0 Å². The molecular formula is C25H46N3O5Y-. The quantitative estimate of drug-likeness (QED) is 0.284. The summed E-state index contributed by atoms with van der Waals surface area (Å²) in [6, 6.07) is -0.226. The number of carbonyl (C=O) groups excluding carboxylic acids is 3. The van der Waals surface area contributed by atoms with Crippen LogP contribution in [-0.2, 0) is 56.7 Å². The Hall–Kier alpha value is -0.826. The maximum absolute atomic E-state index is 11.9. The van der Waals surface area contributed by atoms with Gasteiger partial charge in [-0.2, -0.15) is 0 Å². The minimum Gasteiger partial charge on any atom is -0.531 e. The molecule has 0 aromatic rings. The van der Waals surface area contributed by atoms with E-state index in [9.17, 15) is 14.4 Å². The van der Waals surface area contributed by atoms with E-state index in [-0.39, 0.29) is 63.2 Å². The van der Waals surface area contributed by atoms with Gasteiger partial charge in [0.25, 0.3) is 0 Å². The van der Waals surface area contributed by atoms with Crippen molar-refractivity contribution in [1.82, 2.24) is 4.90 Å². The van der Waals surface area contributed by atoms with E-state index < -0.39 is 11.9 Å². The molecular weight excluding hydrogens is 511 g/mol. The number of allylic oxidation sites excluding steroid dienone is 1. The predicted octanol–water partition coefficient (Wildman–Crippen LogP) is 4.38. The fourth-order valence-electron chi connectivity index (χ4n) is 3.55. The Kier molecular flexibility index (Phi) is 21.2. The summed E-state index contributed by atoms with van der Waals surface area (Å²) in [7, 11) is 1.42. The Balaban J connectivity index is 0. The van der Waals surface area contributed by atoms with Crippen molar-refractivity contribution in [2.24, 2.45) is 23.5 Å². The molecule has 3 fully saturated rings. The van der Waals surface area contributed by atoms with Crippen LogP contribution in [0.1, 0.15) is 79.6 Å². The number of hydrogen-bond acceptors (Lipinski definition) is 5. The first-order chi connectivity index (χ1) is 15.7. The van der Waals surface area contributed by atoms with Crippen molar-refractivity contribution < 1.29 is 56.7 Å². The van der Waals surface area contributed by atoms with Crippen LogP contribution in [0.4, 0.5) is 0 Å². The third-order valence-electron chi connectivity index (χ3n) is 5.28. The van der Waals surface area contributed by atoms with E-state index in [1.807, 2.05) is 19.9 Å². The summed E-state index contributed by atoms with van der Waals surface area (Å²) in [5, 5.41) is 0. The molecule has 3 unspecified atom stereocenters. The summed E-state index contributed by atoms with van der Waals surface area (Å²) < 4.78 is 4.52. The van der Waals surface area contributed by atoms with Crippen molar-refractivity contribution in [3.8, 4) is 0 Å². The minimum atomic E-state index is -0.465. The van der Waals surface area contributed by atoms with E-state index in [2.05, 4.69) is 37.6 Å². The number of hydroxylamine groups is 1. The number of rotatable bonds is 7. The summed E-state index contributed by atoms with van der Waals surface area (Å²) in [6.45, 7) is 14.6. The fourth-order valence-corrected chi connectivity index (χ4v) is 3.55. The molecule has 2 N–H and O–H groups in total. The molecule has 3 rings (SSSR count). The van der Waals surface area contributed by atoms with E-state index in [4.69, 9.17) is 10.6 Å². The Morgan fingerprint density at radius 3 is 2.12 bits per heavy atom. The first-order valence-corrected chi connectivity index (χ1v) is 12.3. The number of esters is 1. The number of amides is 2. The largest absolute Gasteiger partial charge is 0.531 e. The Morgan fingerprint density at radius 1 is 1.12 bits per heavy atom. The van der Waals surface area contributed by atoms with Crippen molar-refractivity contribution in [3.05, 3.63) is 18.1 Å². The van der Waals surface area contributed by atoms with Crippen LogP contribution in [-0.4, -0.2) is 55.0 Å². The zero-order valence-corrected chi connectivity index (χ0v) is 25.0. The molecule has 0 spiro atoms. The average Bonchev–Trinajstić information content (AvgIpc) is 3.16. The minimum absolute atomic E-state index is 0. The van der Waals surface area contributed by atoms with E-state index in [1.54, 1.807) is 0 Å². The number of nitrogens with zero attached hydrogens (tertiary/aromatic N) is 2. The van der Waals surface area contributed by atoms with Crippen LogP contribution in [0, 0.1) is 17.8 Å². The molecule has 9 heteroatoms. The number of primary amides is 1. The van der Waals surface area contributed by atoms with Crippen LogP contribution in [0.3, 0.4) is 0 Å². The number of likely N-dealkylation sites (tertiary alicyclic amines) is 1. The summed E-state index contributed by atoms with van der Waals surface area (Å²) in [6.07, 6.45) is 8.66. The zero-order valence-electron chi connectivity index (χ0n) is 22.1.